The molecule has 1 atom stereocenters. The summed E-state index contributed by atoms with van der Waals surface area (Å²) < 4.78 is 64.2. The van der Waals surface area contributed by atoms with Gasteiger partial charge in [-0.1, -0.05) is 13.8 Å². The van der Waals surface area contributed by atoms with Crippen LogP contribution < -0.4 is 9.44 Å². The van der Waals surface area contributed by atoms with Crippen LogP contribution in [0.1, 0.15) is 13.8 Å². The first-order valence-electron chi connectivity index (χ1n) is 6.36. The third-order valence-electron chi connectivity index (χ3n) is 2.74. The number of hydrogen-bond acceptors (Lipinski definition) is 5. The Hall–Kier alpha value is -1.72. The average molecular weight is 368 g/mol. The van der Waals surface area contributed by atoms with Crippen LogP contribution in [0.25, 0.3) is 0 Å². The fourth-order valence-electron chi connectivity index (χ4n) is 1.70. The summed E-state index contributed by atoms with van der Waals surface area (Å²) in [6.07, 6.45) is 0.858. The Labute approximate surface area is 133 Å². The number of carboxylic acid groups (broad SMARTS) is 1. The molecular weight excluding hydrogens is 351 g/mol. The molecule has 0 aliphatic heterocycles. The maximum absolute atomic E-state index is 14.0. The van der Waals surface area contributed by atoms with Crippen molar-refractivity contribution >= 4 is 31.7 Å². The van der Waals surface area contributed by atoms with Crippen molar-refractivity contribution in [2.45, 2.75) is 24.8 Å². The molecule has 8 nitrogen and oxygen atoms in total. The Bertz CT molecular complexity index is 805. The number of sulfonamides is 2. The molecule has 0 saturated heterocycles. The normalized spacial score (nSPS) is 13.8. The summed E-state index contributed by atoms with van der Waals surface area (Å²) in [5, 5.41) is 9.00. The molecule has 3 N–H and O–H groups in total. The minimum absolute atomic E-state index is 0.150. The fraction of sp³-hybridized carbons (Fsp3) is 0.417. The zero-order valence-electron chi connectivity index (χ0n) is 12.6. The lowest BCUT2D eigenvalue weighted by molar-refractivity contribution is -0.140. The Morgan fingerprint density at radius 3 is 2.17 bits per heavy atom. The van der Waals surface area contributed by atoms with Gasteiger partial charge >= 0.3 is 5.97 Å². The number of rotatable bonds is 7. The lowest BCUT2D eigenvalue weighted by atomic mass is 10.1. The van der Waals surface area contributed by atoms with E-state index < -0.39 is 48.7 Å². The second-order valence-electron chi connectivity index (χ2n) is 5.20. The van der Waals surface area contributed by atoms with Crippen molar-refractivity contribution < 1.29 is 31.1 Å². The van der Waals surface area contributed by atoms with E-state index in [1.165, 1.54) is 13.8 Å². The third-order valence-corrected chi connectivity index (χ3v) is 4.82. The number of benzene rings is 1. The van der Waals surface area contributed by atoms with Crippen LogP contribution >= 0.6 is 0 Å². The number of carboxylic acids is 1. The van der Waals surface area contributed by atoms with Gasteiger partial charge in [-0.05, 0) is 24.1 Å². The third kappa shape index (κ3) is 5.44. The first kappa shape index (κ1) is 19.3. The highest BCUT2D eigenvalue weighted by Crippen LogP contribution is 2.20. The van der Waals surface area contributed by atoms with Crippen LogP contribution in [-0.4, -0.2) is 40.2 Å². The molecule has 1 aromatic rings. The minimum atomic E-state index is -4.42. The molecule has 0 spiro atoms. The van der Waals surface area contributed by atoms with Crippen LogP contribution in [0.4, 0.5) is 10.1 Å². The molecule has 23 heavy (non-hydrogen) atoms. The molecule has 0 amide bonds. The van der Waals surface area contributed by atoms with E-state index in [2.05, 4.69) is 0 Å². The van der Waals surface area contributed by atoms with Crippen molar-refractivity contribution in [3.05, 3.63) is 24.0 Å². The standard InChI is InChI=1S/C12H17FN2O6S2/c1-7(2)11(12(16)17)15-23(20,21)10-5-4-8(6-9(10)13)14-22(3,18)19/h4-7,11,14-15H,1-3H3,(H,16,17)/t11-/m0/s1. The van der Waals surface area contributed by atoms with Gasteiger partial charge < -0.3 is 5.11 Å². The lowest BCUT2D eigenvalue weighted by Gasteiger charge is -2.18. The molecule has 0 fully saturated rings. The first-order chi connectivity index (χ1) is 10.3. The predicted molar refractivity (Wildman–Crippen MR) is 81.4 cm³/mol. The molecule has 11 heteroatoms. The van der Waals surface area contributed by atoms with E-state index in [9.17, 15) is 26.0 Å². The number of aliphatic carboxylic acids is 1. The summed E-state index contributed by atoms with van der Waals surface area (Å²) in [6.45, 7) is 2.99. The quantitative estimate of drug-likeness (QED) is 0.646. The number of anilines is 1. The van der Waals surface area contributed by atoms with Crippen LogP contribution in [0, 0.1) is 11.7 Å². The van der Waals surface area contributed by atoms with Gasteiger partial charge in [0, 0.05) is 0 Å². The average Bonchev–Trinajstić information content (AvgIpc) is 2.33. The van der Waals surface area contributed by atoms with Gasteiger partial charge in [-0.2, -0.15) is 4.72 Å². The smallest absolute Gasteiger partial charge is 0.322 e. The van der Waals surface area contributed by atoms with Gasteiger partial charge in [0.25, 0.3) is 0 Å². The van der Waals surface area contributed by atoms with Crippen LogP contribution in [0.3, 0.4) is 0 Å². The van der Waals surface area contributed by atoms with Crippen LogP contribution in [0.2, 0.25) is 0 Å². The van der Waals surface area contributed by atoms with Gasteiger partial charge in [0.15, 0.2) is 0 Å². The first-order valence-corrected chi connectivity index (χ1v) is 9.73. The summed E-state index contributed by atoms with van der Waals surface area (Å²) in [5.41, 5.74) is -0.150. The maximum Gasteiger partial charge on any atom is 0.322 e. The van der Waals surface area contributed by atoms with Gasteiger partial charge in [-0.25, -0.2) is 21.2 Å². The molecule has 1 rings (SSSR count). The van der Waals surface area contributed by atoms with Crippen molar-refractivity contribution in [3.8, 4) is 0 Å². The van der Waals surface area contributed by atoms with Gasteiger partial charge in [0.2, 0.25) is 20.0 Å². The molecule has 1 aromatic carbocycles. The SMILES string of the molecule is CC(C)[C@H](NS(=O)(=O)c1ccc(NS(C)(=O)=O)cc1F)C(=O)O. The summed E-state index contributed by atoms with van der Waals surface area (Å²) >= 11 is 0. The van der Waals surface area contributed by atoms with Gasteiger partial charge in [-0.15, -0.1) is 0 Å². The zero-order valence-corrected chi connectivity index (χ0v) is 14.2. The monoisotopic (exact) mass is 368 g/mol. The molecule has 0 heterocycles. The Morgan fingerprint density at radius 2 is 1.78 bits per heavy atom. The lowest BCUT2D eigenvalue weighted by Crippen LogP contribution is -2.44. The van der Waals surface area contributed by atoms with Crippen molar-refractivity contribution in [3.63, 3.8) is 0 Å². The zero-order chi connectivity index (χ0) is 18.0. The van der Waals surface area contributed by atoms with Crippen molar-refractivity contribution in [2.75, 3.05) is 11.0 Å². The Morgan fingerprint density at radius 1 is 1.22 bits per heavy atom. The molecule has 130 valence electrons. The van der Waals surface area contributed by atoms with E-state index in [4.69, 9.17) is 5.11 Å². The Kier molecular flexibility index (Phi) is 5.72. The van der Waals surface area contributed by atoms with Gasteiger partial charge in [-0.3, -0.25) is 9.52 Å². The summed E-state index contributed by atoms with van der Waals surface area (Å²) in [7, 11) is -8.07. The highest BCUT2D eigenvalue weighted by atomic mass is 32.2. The summed E-state index contributed by atoms with van der Waals surface area (Å²) in [5.74, 6) is -3.16. The number of nitrogens with one attached hydrogen (secondary N) is 2. The van der Waals surface area contributed by atoms with E-state index in [0.29, 0.717) is 6.07 Å². The summed E-state index contributed by atoms with van der Waals surface area (Å²) in [6, 6.07) is 1.18. The van der Waals surface area contributed by atoms with Crippen LogP contribution in [0.5, 0.6) is 0 Å². The minimum Gasteiger partial charge on any atom is -0.480 e. The fourth-order valence-corrected chi connectivity index (χ4v) is 3.65. The molecular formula is C12H17FN2O6S2. The van der Waals surface area contributed by atoms with Crippen LogP contribution in [0.15, 0.2) is 23.1 Å². The highest BCUT2D eigenvalue weighted by molar-refractivity contribution is 7.92. The molecule has 0 saturated carbocycles. The molecule has 0 aliphatic rings. The molecule has 0 unspecified atom stereocenters. The van der Waals surface area contributed by atoms with E-state index in [1.54, 1.807) is 0 Å². The summed E-state index contributed by atoms with van der Waals surface area (Å²) in [4.78, 5) is 10.3. The molecule has 0 aromatic heterocycles. The van der Waals surface area contributed by atoms with E-state index >= 15 is 0 Å². The number of hydrogen-bond donors (Lipinski definition) is 3. The number of carbonyl (C=O) groups is 1. The van der Waals surface area contributed by atoms with Gasteiger partial charge in [0.1, 0.15) is 16.8 Å². The van der Waals surface area contributed by atoms with Crippen LogP contribution in [-0.2, 0) is 24.8 Å². The largest absolute Gasteiger partial charge is 0.480 e. The molecule has 0 radical (unpaired) electrons. The van der Waals surface area contributed by atoms with Crippen molar-refractivity contribution in [2.24, 2.45) is 5.92 Å². The van der Waals surface area contributed by atoms with E-state index in [0.717, 1.165) is 18.4 Å². The topological polar surface area (TPSA) is 130 Å². The van der Waals surface area contributed by atoms with Crippen molar-refractivity contribution in [1.29, 1.82) is 0 Å². The Balaban J connectivity index is 3.17. The van der Waals surface area contributed by atoms with Gasteiger partial charge in [0.05, 0.1) is 11.9 Å². The van der Waals surface area contributed by atoms with E-state index in [-0.39, 0.29) is 5.69 Å². The van der Waals surface area contributed by atoms with E-state index in [1.807, 2.05) is 9.44 Å². The predicted octanol–water partition coefficient (Wildman–Crippen LogP) is 0.585. The highest BCUT2D eigenvalue weighted by Gasteiger charge is 2.29. The van der Waals surface area contributed by atoms with Crippen molar-refractivity contribution in [1.82, 2.24) is 4.72 Å². The molecule has 0 bridgehead atoms. The number of halogens is 1. The molecule has 0 aliphatic carbocycles. The maximum atomic E-state index is 14.0. The second kappa shape index (κ2) is 6.81. The second-order valence-corrected chi connectivity index (χ2v) is 8.63.